The maximum atomic E-state index is 12.2. The third-order valence-electron chi connectivity index (χ3n) is 4.98. The minimum atomic E-state index is 0.0758. The lowest BCUT2D eigenvalue weighted by Gasteiger charge is -2.34. The van der Waals surface area contributed by atoms with Crippen LogP contribution in [0.5, 0.6) is 0 Å². The molecule has 1 aromatic carbocycles. The third kappa shape index (κ3) is 4.69. The predicted octanol–water partition coefficient (Wildman–Crippen LogP) is 0.624. The molecule has 2 fully saturated rings. The Bertz CT molecular complexity index is 531. The van der Waals surface area contributed by atoms with Gasteiger partial charge in [0, 0.05) is 63.7 Å². The molecule has 1 aromatic rings. The van der Waals surface area contributed by atoms with Crippen molar-refractivity contribution in [3.05, 3.63) is 24.3 Å². The van der Waals surface area contributed by atoms with Crippen molar-refractivity contribution in [3.63, 3.8) is 0 Å². The molecule has 0 aromatic heterocycles. The van der Waals surface area contributed by atoms with Gasteiger partial charge >= 0.3 is 0 Å². The molecule has 2 aliphatic heterocycles. The van der Waals surface area contributed by atoms with Crippen molar-refractivity contribution in [2.75, 3.05) is 83.2 Å². The summed E-state index contributed by atoms with van der Waals surface area (Å²) in [6.07, 6.45) is 0. The highest BCUT2D eigenvalue weighted by atomic mass is 16.2. The first-order valence-electron chi connectivity index (χ1n) is 8.84. The van der Waals surface area contributed by atoms with E-state index in [1.54, 1.807) is 0 Å². The Kier molecular flexibility index (Phi) is 5.71. The highest BCUT2D eigenvalue weighted by Crippen LogP contribution is 2.19. The summed E-state index contributed by atoms with van der Waals surface area (Å²) < 4.78 is 0. The zero-order valence-electron chi connectivity index (χ0n) is 14.9. The topological polar surface area (TPSA) is 42.1 Å². The smallest absolute Gasteiger partial charge is 0.238 e. The lowest BCUT2D eigenvalue weighted by Crippen LogP contribution is -2.47. The van der Waals surface area contributed by atoms with Gasteiger partial charge in [0.05, 0.1) is 6.54 Å². The first kappa shape index (κ1) is 17.2. The van der Waals surface area contributed by atoms with E-state index in [4.69, 9.17) is 0 Å². The number of rotatable bonds is 4. The minimum absolute atomic E-state index is 0.0758. The quantitative estimate of drug-likeness (QED) is 0.876. The fourth-order valence-corrected chi connectivity index (χ4v) is 3.23. The molecule has 0 spiro atoms. The monoisotopic (exact) mass is 331 g/mol. The van der Waals surface area contributed by atoms with Crippen LogP contribution in [0.25, 0.3) is 0 Å². The zero-order valence-corrected chi connectivity index (χ0v) is 14.9. The van der Waals surface area contributed by atoms with E-state index in [1.807, 2.05) is 12.1 Å². The molecule has 24 heavy (non-hydrogen) atoms. The van der Waals surface area contributed by atoms with Gasteiger partial charge in [-0.05, 0) is 38.4 Å². The largest absolute Gasteiger partial charge is 0.369 e. The molecule has 2 saturated heterocycles. The Morgan fingerprint density at radius 1 is 0.875 bits per heavy atom. The van der Waals surface area contributed by atoms with Gasteiger partial charge in [-0.2, -0.15) is 0 Å². The first-order chi connectivity index (χ1) is 11.6. The van der Waals surface area contributed by atoms with Gasteiger partial charge in [0.25, 0.3) is 0 Å². The van der Waals surface area contributed by atoms with Crippen molar-refractivity contribution in [1.82, 2.24) is 14.7 Å². The number of hydrogen-bond donors (Lipinski definition) is 1. The molecule has 3 rings (SSSR count). The number of piperazine rings is 2. The van der Waals surface area contributed by atoms with Gasteiger partial charge in [-0.15, -0.1) is 0 Å². The van der Waals surface area contributed by atoms with Crippen LogP contribution in [0, 0.1) is 0 Å². The fraction of sp³-hybridized carbons (Fsp3) is 0.611. The van der Waals surface area contributed by atoms with Crippen LogP contribution in [0.4, 0.5) is 11.4 Å². The molecular weight excluding hydrogens is 302 g/mol. The number of anilines is 2. The standard InChI is InChI=1S/C18H29N5O/c1-20-7-11-22(12-8-20)15-18(24)19-16-3-5-17(6-4-16)23-13-9-21(2)10-14-23/h3-6H,7-15H2,1-2H3,(H,19,24). The minimum Gasteiger partial charge on any atom is -0.369 e. The zero-order chi connectivity index (χ0) is 16.9. The summed E-state index contributed by atoms with van der Waals surface area (Å²) in [6, 6.07) is 8.23. The number of hydrogen-bond acceptors (Lipinski definition) is 5. The average molecular weight is 331 g/mol. The number of carbonyl (C=O) groups excluding carboxylic acids is 1. The maximum Gasteiger partial charge on any atom is 0.238 e. The van der Waals surface area contributed by atoms with Gasteiger partial charge in [-0.25, -0.2) is 0 Å². The van der Waals surface area contributed by atoms with Crippen LogP contribution in [-0.2, 0) is 4.79 Å². The number of nitrogens with zero attached hydrogens (tertiary/aromatic N) is 4. The molecule has 0 saturated carbocycles. The van der Waals surface area contributed by atoms with E-state index in [0.29, 0.717) is 6.54 Å². The second-order valence-corrected chi connectivity index (χ2v) is 6.96. The number of nitrogens with one attached hydrogen (secondary N) is 1. The molecular formula is C18H29N5O. The highest BCUT2D eigenvalue weighted by molar-refractivity contribution is 5.92. The molecule has 0 aliphatic carbocycles. The molecule has 1 amide bonds. The molecule has 6 heteroatoms. The molecule has 6 nitrogen and oxygen atoms in total. The van der Waals surface area contributed by atoms with Crippen LogP contribution in [-0.4, -0.2) is 93.6 Å². The normalized spacial score (nSPS) is 21.0. The molecule has 2 heterocycles. The third-order valence-corrected chi connectivity index (χ3v) is 4.98. The maximum absolute atomic E-state index is 12.2. The van der Waals surface area contributed by atoms with Gasteiger partial charge in [0.1, 0.15) is 0 Å². The summed E-state index contributed by atoms with van der Waals surface area (Å²) >= 11 is 0. The fourth-order valence-electron chi connectivity index (χ4n) is 3.23. The van der Waals surface area contributed by atoms with E-state index in [1.165, 1.54) is 5.69 Å². The number of benzene rings is 1. The first-order valence-corrected chi connectivity index (χ1v) is 8.84. The van der Waals surface area contributed by atoms with Crippen molar-refractivity contribution < 1.29 is 4.79 Å². The highest BCUT2D eigenvalue weighted by Gasteiger charge is 2.17. The Morgan fingerprint density at radius 2 is 1.42 bits per heavy atom. The van der Waals surface area contributed by atoms with E-state index in [9.17, 15) is 4.79 Å². The summed E-state index contributed by atoms with van der Waals surface area (Å²) in [4.78, 5) is 21.5. The molecule has 0 unspecified atom stereocenters. The van der Waals surface area contributed by atoms with Crippen molar-refractivity contribution >= 4 is 17.3 Å². The lowest BCUT2D eigenvalue weighted by molar-refractivity contribution is -0.117. The summed E-state index contributed by atoms with van der Waals surface area (Å²) in [7, 11) is 4.29. The summed E-state index contributed by atoms with van der Waals surface area (Å²) in [6.45, 7) is 8.80. The van der Waals surface area contributed by atoms with Crippen LogP contribution in [0.15, 0.2) is 24.3 Å². The Morgan fingerprint density at radius 3 is 2.00 bits per heavy atom. The molecule has 0 atom stereocenters. The second kappa shape index (κ2) is 7.96. The Balaban J connectivity index is 1.48. The Hall–Kier alpha value is -1.63. The number of likely N-dealkylation sites (N-methyl/N-ethyl adjacent to an activating group) is 2. The SMILES string of the molecule is CN1CCN(CC(=O)Nc2ccc(N3CCN(C)CC3)cc2)CC1. The van der Waals surface area contributed by atoms with Gasteiger partial charge in [0.2, 0.25) is 5.91 Å². The van der Waals surface area contributed by atoms with Crippen molar-refractivity contribution in [3.8, 4) is 0 Å². The van der Waals surface area contributed by atoms with Gasteiger partial charge < -0.3 is 20.0 Å². The number of carbonyl (C=O) groups is 1. The van der Waals surface area contributed by atoms with Crippen molar-refractivity contribution in [2.24, 2.45) is 0 Å². The van der Waals surface area contributed by atoms with Crippen LogP contribution < -0.4 is 10.2 Å². The van der Waals surface area contributed by atoms with E-state index in [2.05, 4.69) is 51.1 Å². The van der Waals surface area contributed by atoms with Crippen LogP contribution >= 0.6 is 0 Å². The molecule has 0 radical (unpaired) electrons. The van der Waals surface area contributed by atoms with Crippen LogP contribution in [0.2, 0.25) is 0 Å². The summed E-state index contributed by atoms with van der Waals surface area (Å²) in [5.41, 5.74) is 2.12. The van der Waals surface area contributed by atoms with E-state index in [0.717, 1.165) is 58.0 Å². The van der Waals surface area contributed by atoms with Crippen LogP contribution in [0.1, 0.15) is 0 Å². The predicted molar refractivity (Wildman–Crippen MR) is 98.7 cm³/mol. The van der Waals surface area contributed by atoms with Gasteiger partial charge in [-0.1, -0.05) is 0 Å². The summed E-state index contributed by atoms with van der Waals surface area (Å²) in [5.74, 6) is 0.0758. The lowest BCUT2D eigenvalue weighted by atomic mass is 10.2. The summed E-state index contributed by atoms with van der Waals surface area (Å²) in [5, 5.41) is 3.02. The number of amides is 1. The van der Waals surface area contributed by atoms with Crippen LogP contribution in [0.3, 0.4) is 0 Å². The van der Waals surface area contributed by atoms with Crippen molar-refractivity contribution in [1.29, 1.82) is 0 Å². The van der Waals surface area contributed by atoms with Crippen molar-refractivity contribution in [2.45, 2.75) is 0 Å². The average Bonchev–Trinajstić information content (AvgIpc) is 2.58. The molecule has 0 bridgehead atoms. The van der Waals surface area contributed by atoms with Gasteiger partial charge in [-0.3, -0.25) is 9.69 Å². The second-order valence-electron chi connectivity index (χ2n) is 6.96. The van der Waals surface area contributed by atoms with E-state index < -0.39 is 0 Å². The molecule has 132 valence electrons. The molecule has 1 N–H and O–H groups in total. The van der Waals surface area contributed by atoms with E-state index in [-0.39, 0.29) is 5.91 Å². The van der Waals surface area contributed by atoms with Gasteiger partial charge in [0.15, 0.2) is 0 Å². The van der Waals surface area contributed by atoms with E-state index >= 15 is 0 Å². The molecule has 2 aliphatic rings. The Labute approximate surface area is 145 Å².